The first-order valence-corrected chi connectivity index (χ1v) is 7.30. The fraction of sp³-hybridized carbons (Fsp3) is 0.235. The lowest BCUT2D eigenvalue weighted by atomic mass is 9.81. The summed E-state index contributed by atoms with van der Waals surface area (Å²) >= 11 is 5.91. The zero-order valence-corrected chi connectivity index (χ0v) is 12.1. The lowest BCUT2D eigenvalue weighted by Gasteiger charge is -2.29. The molecule has 2 atom stereocenters. The van der Waals surface area contributed by atoms with Crippen molar-refractivity contribution in [2.45, 2.75) is 18.3 Å². The van der Waals surface area contributed by atoms with Crippen LogP contribution in [0.4, 0.5) is 4.39 Å². The van der Waals surface area contributed by atoms with E-state index in [1.807, 2.05) is 24.3 Å². The van der Waals surface area contributed by atoms with Gasteiger partial charge in [-0.2, -0.15) is 0 Å². The lowest BCUT2D eigenvalue weighted by molar-refractivity contribution is -0.124. The fourth-order valence-corrected chi connectivity index (χ4v) is 2.92. The van der Waals surface area contributed by atoms with Gasteiger partial charge in [0.15, 0.2) is 0 Å². The van der Waals surface area contributed by atoms with Gasteiger partial charge in [0.2, 0.25) is 5.91 Å². The van der Waals surface area contributed by atoms with E-state index in [1.165, 1.54) is 12.1 Å². The van der Waals surface area contributed by atoms with Crippen molar-refractivity contribution < 1.29 is 9.18 Å². The summed E-state index contributed by atoms with van der Waals surface area (Å²) in [7, 11) is 0. The Morgan fingerprint density at radius 3 is 2.29 bits per heavy atom. The van der Waals surface area contributed by atoms with Gasteiger partial charge in [-0.25, -0.2) is 4.39 Å². The van der Waals surface area contributed by atoms with Crippen molar-refractivity contribution in [3.05, 3.63) is 70.5 Å². The molecule has 0 radical (unpaired) electrons. The van der Waals surface area contributed by atoms with Crippen LogP contribution in [0.2, 0.25) is 5.02 Å². The molecule has 2 aromatic carbocycles. The van der Waals surface area contributed by atoms with Crippen LogP contribution in [0.1, 0.15) is 29.4 Å². The van der Waals surface area contributed by atoms with Gasteiger partial charge in [0, 0.05) is 17.5 Å². The Balaban J connectivity index is 1.83. The summed E-state index contributed by atoms with van der Waals surface area (Å²) in [5.74, 6) is -0.272. The SMILES string of the molecule is O=C1NC[C@H](c2ccc(Cl)cc2)C[C@@H]1c1ccc(F)cc1. The minimum Gasteiger partial charge on any atom is -0.355 e. The molecule has 1 heterocycles. The molecule has 1 amide bonds. The van der Waals surface area contributed by atoms with Gasteiger partial charge in [0.25, 0.3) is 0 Å². The van der Waals surface area contributed by atoms with Gasteiger partial charge >= 0.3 is 0 Å². The maximum atomic E-state index is 13.0. The molecule has 2 aromatic rings. The third-order valence-electron chi connectivity index (χ3n) is 3.97. The molecule has 2 nitrogen and oxygen atoms in total. The topological polar surface area (TPSA) is 29.1 Å². The zero-order valence-electron chi connectivity index (χ0n) is 11.4. The third kappa shape index (κ3) is 3.08. The Hall–Kier alpha value is -1.87. The average molecular weight is 304 g/mol. The fourth-order valence-electron chi connectivity index (χ4n) is 2.79. The number of piperidine rings is 1. The van der Waals surface area contributed by atoms with Crippen LogP contribution < -0.4 is 5.32 Å². The van der Waals surface area contributed by atoms with Gasteiger partial charge in [-0.3, -0.25) is 4.79 Å². The maximum absolute atomic E-state index is 13.0. The van der Waals surface area contributed by atoms with Crippen molar-refractivity contribution >= 4 is 17.5 Å². The minimum atomic E-state index is -0.288. The summed E-state index contributed by atoms with van der Waals surface area (Å²) in [5, 5.41) is 3.65. The molecule has 0 saturated carbocycles. The predicted molar refractivity (Wildman–Crippen MR) is 81.0 cm³/mol. The van der Waals surface area contributed by atoms with Crippen molar-refractivity contribution in [3.8, 4) is 0 Å². The highest BCUT2D eigenvalue weighted by atomic mass is 35.5. The van der Waals surface area contributed by atoms with Crippen LogP contribution in [0.5, 0.6) is 0 Å². The van der Waals surface area contributed by atoms with Gasteiger partial charge in [0.05, 0.1) is 5.92 Å². The van der Waals surface area contributed by atoms with E-state index in [2.05, 4.69) is 5.32 Å². The molecule has 1 N–H and O–H groups in total. The predicted octanol–water partition coefficient (Wildman–Crippen LogP) is 3.87. The lowest BCUT2D eigenvalue weighted by Crippen LogP contribution is -2.39. The first kappa shape index (κ1) is 14.1. The van der Waals surface area contributed by atoms with E-state index < -0.39 is 0 Å². The molecule has 108 valence electrons. The molecule has 1 fully saturated rings. The number of halogens is 2. The second-order valence-corrected chi connectivity index (χ2v) is 5.77. The molecule has 0 spiro atoms. The van der Waals surface area contributed by atoms with Crippen LogP contribution in [-0.2, 0) is 4.79 Å². The molecule has 4 heteroatoms. The summed E-state index contributed by atoms with van der Waals surface area (Å²) in [4.78, 5) is 12.1. The molecule has 0 unspecified atom stereocenters. The molecule has 1 aliphatic rings. The summed E-state index contributed by atoms with van der Waals surface area (Å²) in [5.41, 5.74) is 2.01. The van der Waals surface area contributed by atoms with Crippen LogP contribution in [0, 0.1) is 5.82 Å². The summed E-state index contributed by atoms with van der Waals surface area (Å²) in [6, 6.07) is 13.9. The Kier molecular flexibility index (Phi) is 3.93. The Morgan fingerprint density at radius 1 is 1.00 bits per heavy atom. The van der Waals surface area contributed by atoms with Crippen molar-refractivity contribution in [1.29, 1.82) is 0 Å². The molecule has 3 rings (SSSR count). The molecule has 0 aliphatic carbocycles. The average Bonchev–Trinajstić information content (AvgIpc) is 2.50. The number of carbonyl (C=O) groups is 1. The van der Waals surface area contributed by atoms with Crippen LogP contribution in [0.3, 0.4) is 0 Å². The van der Waals surface area contributed by atoms with E-state index >= 15 is 0 Å². The van der Waals surface area contributed by atoms with Crippen molar-refractivity contribution in [3.63, 3.8) is 0 Å². The van der Waals surface area contributed by atoms with E-state index in [1.54, 1.807) is 12.1 Å². The van der Waals surface area contributed by atoms with Crippen molar-refractivity contribution in [2.24, 2.45) is 0 Å². The van der Waals surface area contributed by atoms with Gasteiger partial charge in [-0.05, 0) is 41.8 Å². The molecule has 1 aliphatic heterocycles. The highest BCUT2D eigenvalue weighted by Crippen LogP contribution is 2.33. The molecule has 1 saturated heterocycles. The van der Waals surface area contributed by atoms with E-state index in [9.17, 15) is 9.18 Å². The minimum absolute atomic E-state index is 0.00632. The van der Waals surface area contributed by atoms with Crippen LogP contribution in [0.25, 0.3) is 0 Å². The second kappa shape index (κ2) is 5.86. The molecule has 0 bridgehead atoms. The largest absolute Gasteiger partial charge is 0.355 e. The summed E-state index contributed by atoms with van der Waals surface area (Å²) in [6.45, 7) is 0.623. The number of hydrogen-bond acceptors (Lipinski definition) is 1. The number of nitrogens with one attached hydrogen (secondary N) is 1. The molecule has 0 aromatic heterocycles. The number of amides is 1. The second-order valence-electron chi connectivity index (χ2n) is 5.33. The van der Waals surface area contributed by atoms with Gasteiger partial charge in [0.1, 0.15) is 5.82 Å². The Morgan fingerprint density at radius 2 is 1.62 bits per heavy atom. The van der Waals surface area contributed by atoms with Gasteiger partial charge in [-0.1, -0.05) is 35.9 Å². The molecular weight excluding hydrogens is 289 g/mol. The first-order chi connectivity index (χ1) is 10.1. The third-order valence-corrected chi connectivity index (χ3v) is 4.23. The highest BCUT2D eigenvalue weighted by molar-refractivity contribution is 6.30. The summed E-state index contributed by atoms with van der Waals surface area (Å²) in [6.07, 6.45) is 0.721. The van der Waals surface area contributed by atoms with E-state index in [0.29, 0.717) is 11.6 Å². The number of carbonyl (C=O) groups excluding carboxylic acids is 1. The molecule has 21 heavy (non-hydrogen) atoms. The van der Waals surface area contributed by atoms with Crippen molar-refractivity contribution in [1.82, 2.24) is 5.32 Å². The van der Waals surface area contributed by atoms with Gasteiger partial charge in [-0.15, -0.1) is 0 Å². The molecular formula is C17H15ClFNO. The number of benzene rings is 2. The highest BCUT2D eigenvalue weighted by Gasteiger charge is 2.30. The first-order valence-electron chi connectivity index (χ1n) is 6.92. The maximum Gasteiger partial charge on any atom is 0.227 e. The standard InChI is InChI=1S/C17H15ClFNO/c18-14-5-1-11(2-6-14)13-9-16(17(21)20-10-13)12-3-7-15(19)8-4-12/h1-8,13,16H,9-10H2,(H,20,21)/t13-,16-/m1/s1. The zero-order chi connectivity index (χ0) is 14.8. The monoisotopic (exact) mass is 303 g/mol. The summed E-state index contributed by atoms with van der Waals surface area (Å²) < 4.78 is 13.0. The van der Waals surface area contributed by atoms with E-state index in [4.69, 9.17) is 11.6 Å². The smallest absolute Gasteiger partial charge is 0.227 e. The Labute approximate surface area is 127 Å². The van der Waals surface area contributed by atoms with E-state index in [0.717, 1.165) is 17.5 Å². The normalized spacial score (nSPS) is 21.9. The van der Waals surface area contributed by atoms with Crippen LogP contribution >= 0.6 is 11.6 Å². The quantitative estimate of drug-likeness (QED) is 0.896. The van der Waals surface area contributed by atoms with Gasteiger partial charge < -0.3 is 5.32 Å². The van der Waals surface area contributed by atoms with Crippen LogP contribution in [0.15, 0.2) is 48.5 Å². The van der Waals surface area contributed by atoms with Crippen LogP contribution in [-0.4, -0.2) is 12.5 Å². The number of rotatable bonds is 2. The number of hydrogen-bond donors (Lipinski definition) is 1. The van der Waals surface area contributed by atoms with E-state index in [-0.39, 0.29) is 23.6 Å². The van der Waals surface area contributed by atoms with Crippen molar-refractivity contribution in [2.75, 3.05) is 6.54 Å². The Bertz CT molecular complexity index is 639.